The minimum Gasteiger partial charge on any atom is -0.389 e. The number of hydrogen-bond acceptors (Lipinski definition) is 4. The summed E-state index contributed by atoms with van der Waals surface area (Å²) in [6.45, 7) is 4.15. The van der Waals surface area contributed by atoms with E-state index in [2.05, 4.69) is 22.0 Å². The zero-order chi connectivity index (χ0) is 17.8. The molecular formula is C20H26FN3O. The minimum absolute atomic E-state index is 0.240. The third-order valence-corrected chi connectivity index (χ3v) is 4.66. The van der Waals surface area contributed by atoms with E-state index in [0.717, 1.165) is 29.9 Å². The van der Waals surface area contributed by atoms with Crippen molar-refractivity contribution >= 4 is 11.4 Å². The predicted octanol–water partition coefficient (Wildman–Crippen LogP) is 3.14. The van der Waals surface area contributed by atoms with Crippen LogP contribution in [0.5, 0.6) is 0 Å². The molecule has 3 rings (SSSR count). The highest BCUT2D eigenvalue weighted by molar-refractivity contribution is 5.77. The number of hydrogen-bond donors (Lipinski definition) is 2. The number of nitrogens with zero attached hydrogens (tertiary/aromatic N) is 2. The number of aliphatic hydroxyl groups is 1. The number of benzene rings is 2. The van der Waals surface area contributed by atoms with Crippen LogP contribution in [0.1, 0.15) is 24.9 Å². The van der Waals surface area contributed by atoms with Crippen molar-refractivity contribution in [3.63, 3.8) is 0 Å². The first-order chi connectivity index (χ1) is 12.2. The van der Waals surface area contributed by atoms with Crippen LogP contribution in [0, 0.1) is 5.82 Å². The number of fused-ring (bicyclic) bond motifs is 1. The fourth-order valence-electron chi connectivity index (χ4n) is 3.61. The van der Waals surface area contributed by atoms with Gasteiger partial charge >= 0.3 is 0 Å². The second-order valence-corrected chi connectivity index (χ2v) is 6.49. The molecule has 5 heteroatoms. The molecule has 0 radical (unpaired) electrons. The number of rotatable bonds is 7. The van der Waals surface area contributed by atoms with E-state index in [4.69, 9.17) is 0 Å². The summed E-state index contributed by atoms with van der Waals surface area (Å²) in [5, 5.41) is 13.9. The van der Waals surface area contributed by atoms with Gasteiger partial charge < -0.3 is 20.2 Å². The molecule has 1 aliphatic rings. The van der Waals surface area contributed by atoms with E-state index in [1.54, 1.807) is 6.07 Å². The van der Waals surface area contributed by atoms with Gasteiger partial charge in [0.2, 0.25) is 0 Å². The van der Waals surface area contributed by atoms with E-state index in [1.807, 2.05) is 43.4 Å². The molecule has 2 N–H and O–H groups in total. The molecular weight excluding hydrogens is 317 g/mol. The van der Waals surface area contributed by atoms with E-state index in [1.165, 1.54) is 6.07 Å². The van der Waals surface area contributed by atoms with Crippen LogP contribution in [0.25, 0.3) is 0 Å². The molecule has 0 aromatic heterocycles. The smallest absolute Gasteiger partial charge is 0.125 e. The number of aliphatic hydroxyl groups excluding tert-OH is 1. The van der Waals surface area contributed by atoms with Crippen molar-refractivity contribution < 1.29 is 9.50 Å². The Morgan fingerprint density at radius 1 is 1.16 bits per heavy atom. The zero-order valence-corrected chi connectivity index (χ0v) is 14.8. The molecule has 4 nitrogen and oxygen atoms in total. The van der Waals surface area contributed by atoms with E-state index < -0.39 is 6.10 Å². The fraction of sp³-hybridized carbons (Fsp3) is 0.400. The SMILES string of the molecule is CCCN1CN(C(c2ccccc2)C(O)CNC)c2cc(F)ccc21. The first-order valence-corrected chi connectivity index (χ1v) is 8.84. The first kappa shape index (κ1) is 17.7. The average Bonchev–Trinajstić information content (AvgIpc) is 2.94. The monoisotopic (exact) mass is 343 g/mol. The summed E-state index contributed by atoms with van der Waals surface area (Å²) in [5.74, 6) is -0.253. The molecule has 0 spiro atoms. The van der Waals surface area contributed by atoms with Crippen molar-refractivity contribution in [3.05, 3.63) is 59.9 Å². The fourth-order valence-corrected chi connectivity index (χ4v) is 3.61. The summed E-state index contributed by atoms with van der Waals surface area (Å²) in [6.07, 6.45) is 0.407. The van der Waals surface area contributed by atoms with Crippen molar-refractivity contribution in [2.24, 2.45) is 0 Å². The molecule has 134 valence electrons. The Balaban J connectivity index is 2.03. The molecule has 25 heavy (non-hydrogen) atoms. The van der Waals surface area contributed by atoms with Crippen molar-refractivity contribution in [2.45, 2.75) is 25.5 Å². The van der Waals surface area contributed by atoms with Crippen LogP contribution in [0.15, 0.2) is 48.5 Å². The van der Waals surface area contributed by atoms with Gasteiger partial charge in [0.1, 0.15) is 5.82 Å². The van der Waals surface area contributed by atoms with Crippen molar-refractivity contribution in [1.29, 1.82) is 0 Å². The summed E-state index contributed by atoms with van der Waals surface area (Å²) in [4.78, 5) is 4.36. The van der Waals surface area contributed by atoms with Crippen LogP contribution >= 0.6 is 0 Å². The molecule has 0 bridgehead atoms. The number of anilines is 2. The van der Waals surface area contributed by atoms with Crippen LogP contribution in [0.2, 0.25) is 0 Å². The lowest BCUT2D eigenvalue weighted by Crippen LogP contribution is -2.42. The standard InChI is InChI=1S/C20H26FN3O/c1-3-11-23-14-24(18-12-16(21)9-10-17(18)23)20(19(25)13-22-2)15-7-5-4-6-8-15/h4-10,12,19-20,22,25H,3,11,13-14H2,1-2H3. The Labute approximate surface area is 148 Å². The van der Waals surface area contributed by atoms with Crippen molar-refractivity contribution in [1.82, 2.24) is 5.32 Å². The van der Waals surface area contributed by atoms with Gasteiger partial charge in [0.25, 0.3) is 0 Å². The van der Waals surface area contributed by atoms with Gasteiger partial charge in [0, 0.05) is 13.1 Å². The van der Waals surface area contributed by atoms with E-state index in [9.17, 15) is 9.50 Å². The molecule has 1 heterocycles. The molecule has 0 amide bonds. The van der Waals surface area contributed by atoms with Gasteiger partial charge in [0.15, 0.2) is 0 Å². The van der Waals surface area contributed by atoms with Crippen LogP contribution in [-0.2, 0) is 0 Å². The number of halogens is 1. The molecule has 2 aromatic rings. The summed E-state index contributed by atoms with van der Waals surface area (Å²) >= 11 is 0. The van der Waals surface area contributed by atoms with Gasteiger partial charge in [-0.15, -0.1) is 0 Å². The van der Waals surface area contributed by atoms with E-state index >= 15 is 0 Å². The Bertz CT molecular complexity index is 695. The second kappa shape index (κ2) is 7.85. The molecule has 2 unspecified atom stereocenters. The molecule has 0 saturated carbocycles. The molecule has 0 saturated heterocycles. The first-order valence-electron chi connectivity index (χ1n) is 8.84. The molecule has 2 aromatic carbocycles. The minimum atomic E-state index is -0.606. The lowest BCUT2D eigenvalue weighted by Gasteiger charge is -2.34. The number of nitrogens with one attached hydrogen (secondary N) is 1. The van der Waals surface area contributed by atoms with Gasteiger partial charge in [-0.05, 0) is 37.2 Å². The Kier molecular flexibility index (Phi) is 5.56. The van der Waals surface area contributed by atoms with Crippen LogP contribution in [0.3, 0.4) is 0 Å². The molecule has 0 aliphatic carbocycles. The van der Waals surface area contributed by atoms with E-state index in [-0.39, 0.29) is 11.9 Å². The normalized spacial score (nSPS) is 16.0. The summed E-state index contributed by atoms with van der Waals surface area (Å²) in [7, 11) is 1.83. The van der Waals surface area contributed by atoms with Crippen LogP contribution in [-0.4, -0.2) is 38.0 Å². The summed E-state index contributed by atoms with van der Waals surface area (Å²) in [5.41, 5.74) is 2.90. The van der Waals surface area contributed by atoms with Crippen LogP contribution in [0.4, 0.5) is 15.8 Å². The quantitative estimate of drug-likeness (QED) is 0.810. The Hall–Kier alpha value is -2.11. The largest absolute Gasteiger partial charge is 0.389 e. The highest BCUT2D eigenvalue weighted by Crippen LogP contribution is 2.42. The zero-order valence-electron chi connectivity index (χ0n) is 14.8. The maximum absolute atomic E-state index is 13.9. The second-order valence-electron chi connectivity index (χ2n) is 6.49. The van der Waals surface area contributed by atoms with Gasteiger partial charge in [-0.25, -0.2) is 4.39 Å². The predicted molar refractivity (Wildman–Crippen MR) is 100 cm³/mol. The summed E-state index contributed by atoms with van der Waals surface area (Å²) < 4.78 is 13.9. The highest BCUT2D eigenvalue weighted by atomic mass is 19.1. The lowest BCUT2D eigenvalue weighted by atomic mass is 9.99. The molecule has 0 fully saturated rings. The Morgan fingerprint density at radius 2 is 1.92 bits per heavy atom. The average molecular weight is 343 g/mol. The lowest BCUT2D eigenvalue weighted by molar-refractivity contribution is 0.141. The molecule has 1 aliphatic heterocycles. The topological polar surface area (TPSA) is 38.7 Å². The third kappa shape index (κ3) is 3.62. The highest BCUT2D eigenvalue weighted by Gasteiger charge is 2.35. The van der Waals surface area contributed by atoms with Gasteiger partial charge in [0.05, 0.1) is 30.2 Å². The van der Waals surface area contributed by atoms with Crippen LogP contribution < -0.4 is 15.1 Å². The Morgan fingerprint density at radius 3 is 2.60 bits per heavy atom. The molecule has 2 atom stereocenters. The number of likely N-dealkylation sites (N-methyl/N-ethyl adjacent to an activating group) is 1. The van der Waals surface area contributed by atoms with Gasteiger partial charge in [-0.2, -0.15) is 0 Å². The van der Waals surface area contributed by atoms with Crippen molar-refractivity contribution in [3.8, 4) is 0 Å². The van der Waals surface area contributed by atoms with Gasteiger partial charge in [-0.1, -0.05) is 37.3 Å². The van der Waals surface area contributed by atoms with Crippen molar-refractivity contribution in [2.75, 3.05) is 36.6 Å². The van der Waals surface area contributed by atoms with Gasteiger partial charge in [-0.3, -0.25) is 0 Å². The maximum atomic E-state index is 13.9. The maximum Gasteiger partial charge on any atom is 0.125 e. The third-order valence-electron chi connectivity index (χ3n) is 4.66. The summed E-state index contributed by atoms with van der Waals surface area (Å²) in [6, 6.07) is 14.6. The van der Waals surface area contributed by atoms with E-state index in [0.29, 0.717) is 13.2 Å².